The number of nitrogens with zero attached hydrogens (tertiary/aromatic N) is 4. The maximum Gasteiger partial charge on any atom is 0.348 e. The van der Waals surface area contributed by atoms with Gasteiger partial charge in [0, 0.05) is 32.1 Å². The Balaban J connectivity index is 1.40. The molecule has 26 heavy (non-hydrogen) atoms. The molecule has 4 heterocycles. The van der Waals surface area contributed by atoms with E-state index in [2.05, 4.69) is 20.1 Å². The molecular formula is C17H21N5O3S. The molecular weight excluding hydrogens is 354 g/mol. The van der Waals surface area contributed by atoms with Gasteiger partial charge in [-0.1, -0.05) is 0 Å². The molecule has 8 nitrogen and oxygen atoms in total. The van der Waals surface area contributed by atoms with Gasteiger partial charge in [-0.3, -0.25) is 4.79 Å². The summed E-state index contributed by atoms with van der Waals surface area (Å²) in [6.07, 6.45) is 1.76. The third kappa shape index (κ3) is 3.12. The number of hydrogen-bond acceptors (Lipinski definition) is 7. The van der Waals surface area contributed by atoms with Crippen LogP contribution in [-0.4, -0.2) is 58.3 Å². The van der Waals surface area contributed by atoms with Crippen molar-refractivity contribution in [3.05, 3.63) is 33.5 Å². The second kappa shape index (κ2) is 7.16. The molecule has 0 aliphatic carbocycles. The summed E-state index contributed by atoms with van der Waals surface area (Å²) in [5.41, 5.74) is 0. The number of nitrogens with one attached hydrogen (secondary N) is 1. The highest BCUT2D eigenvalue weighted by molar-refractivity contribution is 7.15. The van der Waals surface area contributed by atoms with Crippen LogP contribution in [0.25, 0.3) is 0 Å². The van der Waals surface area contributed by atoms with E-state index in [0.29, 0.717) is 28.8 Å². The van der Waals surface area contributed by atoms with Crippen LogP contribution in [0, 0.1) is 0 Å². The predicted octanol–water partition coefficient (Wildman–Crippen LogP) is 1.25. The van der Waals surface area contributed by atoms with Crippen LogP contribution in [0.15, 0.2) is 12.1 Å². The van der Waals surface area contributed by atoms with E-state index in [1.165, 1.54) is 18.4 Å². The van der Waals surface area contributed by atoms with Crippen molar-refractivity contribution in [3.63, 3.8) is 0 Å². The molecule has 0 radical (unpaired) electrons. The highest BCUT2D eigenvalue weighted by atomic mass is 32.1. The average Bonchev–Trinajstić information content (AvgIpc) is 3.34. The van der Waals surface area contributed by atoms with Crippen LogP contribution in [0.4, 0.5) is 0 Å². The third-order valence-corrected chi connectivity index (χ3v) is 6.06. The first-order valence-corrected chi connectivity index (χ1v) is 9.59. The van der Waals surface area contributed by atoms with Crippen molar-refractivity contribution in [2.75, 3.05) is 26.7 Å². The molecule has 2 aromatic heterocycles. The number of likely N-dealkylation sites (tertiary alicyclic amines) is 1. The molecule has 2 aromatic rings. The van der Waals surface area contributed by atoms with Crippen molar-refractivity contribution in [1.82, 2.24) is 25.0 Å². The highest BCUT2D eigenvalue weighted by Crippen LogP contribution is 2.29. The van der Waals surface area contributed by atoms with E-state index in [1.807, 2.05) is 4.90 Å². The normalized spacial score (nSPS) is 17.8. The molecule has 0 saturated carbocycles. The first kappa shape index (κ1) is 17.2. The Morgan fingerprint density at radius 2 is 1.96 bits per heavy atom. The summed E-state index contributed by atoms with van der Waals surface area (Å²) in [5, 5.41) is 12.0. The Kier molecular flexibility index (Phi) is 4.73. The summed E-state index contributed by atoms with van der Waals surface area (Å²) >= 11 is 1.19. The summed E-state index contributed by atoms with van der Waals surface area (Å²) in [6.45, 7) is 3.99. The molecule has 9 heteroatoms. The Morgan fingerprint density at radius 1 is 1.19 bits per heavy atom. The minimum absolute atomic E-state index is 0.0175. The zero-order chi connectivity index (χ0) is 18.1. The van der Waals surface area contributed by atoms with Crippen LogP contribution in [0.3, 0.4) is 0 Å². The second-order valence-corrected chi connectivity index (χ2v) is 7.61. The van der Waals surface area contributed by atoms with Gasteiger partial charge in [-0.05, 0) is 25.0 Å². The lowest BCUT2D eigenvalue weighted by Gasteiger charge is -2.31. The molecule has 0 spiro atoms. The maximum absolute atomic E-state index is 12.7. The van der Waals surface area contributed by atoms with Crippen molar-refractivity contribution in [2.45, 2.75) is 31.8 Å². The summed E-state index contributed by atoms with van der Waals surface area (Å²) < 4.78 is 6.93. The number of fused-ring (bicyclic) bond motifs is 1. The third-order valence-electron chi connectivity index (χ3n) is 5.00. The molecule has 138 valence electrons. The molecule has 1 saturated heterocycles. The van der Waals surface area contributed by atoms with Gasteiger partial charge in [-0.2, -0.15) is 0 Å². The van der Waals surface area contributed by atoms with Crippen LogP contribution in [0.2, 0.25) is 0 Å². The number of thiophene rings is 1. The average molecular weight is 375 g/mol. The summed E-state index contributed by atoms with van der Waals surface area (Å²) in [6, 6.07) is 3.35. The fourth-order valence-corrected chi connectivity index (χ4v) is 4.47. The molecule has 0 bridgehead atoms. The van der Waals surface area contributed by atoms with Gasteiger partial charge in [0.2, 0.25) is 0 Å². The number of carbonyl (C=O) groups is 2. The number of ether oxygens (including phenoxy) is 1. The van der Waals surface area contributed by atoms with Gasteiger partial charge in [0.25, 0.3) is 5.91 Å². The number of rotatable bonds is 3. The van der Waals surface area contributed by atoms with Crippen molar-refractivity contribution in [1.29, 1.82) is 0 Å². The Bertz CT molecular complexity index is 822. The minimum atomic E-state index is -0.404. The molecule has 1 fully saturated rings. The Morgan fingerprint density at radius 3 is 2.73 bits per heavy atom. The number of esters is 1. The Hall–Kier alpha value is -2.26. The number of methoxy groups -OCH3 is 1. The van der Waals surface area contributed by atoms with Crippen molar-refractivity contribution >= 4 is 23.2 Å². The van der Waals surface area contributed by atoms with Crippen LogP contribution in [-0.2, 0) is 17.8 Å². The quantitative estimate of drug-likeness (QED) is 0.812. The molecule has 0 aromatic carbocycles. The molecule has 0 atom stereocenters. The lowest BCUT2D eigenvalue weighted by molar-refractivity contribution is 0.0606. The van der Waals surface area contributed by atoms with Gasteiger partial charge in [0.1, 0.15) is 16.5 Å². The van der Waals surface area contributed by atoms with Gasteiger partial charge in [-0.25, -0.2) is 4.79 Å². The topological polar surface area (TPSA) is 89.4 Å². The molecule has 1 amide bonds. The van der Waals surface area contributed by atoms with Crippen molar-refractivity contribution in [2.24, 2.45) is 0 Å². The fourth-order valence-electron chi connectivity index (χ4n) is 3.58. The molecule has 0 unspecified atom stereocenters. The Labute approximate surface area is 155 Å². The van der Waals surface area contributed by atoms with Crippen LogP contribution >= 0.6 is 11.3 Å². The summed E-state index contributed by atoms with van der Waals surface area (Å²) in [7, 11) is 1.34. The lowest BCUT2D eigenvalue weighted by atomic mass is 9.95. The van der Waals surface area contributed by atoms with E-state index >= 15 is 0 Å². The van der Waals surface area contributed by atoms with E-state index in [9.17, 15) is 9.59 Å². The maximum atomic E-state index is 12.7. The zero-order valence-electron chi connectivity index (χ0n) is 14.6. The fraction of sp³-hybridized carbons (Fsp3) is 0.529. The predicted molar refractivity (Wildman–Crippen MR) is 95.3 cm³/mol. The first-order chi connectivity index (χ1) is 12.7. The van der Waals surface area contributed by atoms with E-state index < -0.39 is 5.97 Å². The van der Waals surface area contributed by atoms with E-state index in [4.69, 9.17) is 4.74 Å². The van der Waals surface area contributed by atoms with Gasteiger partial charge < -0.3 is 19.5 Å². The number of piperidine rings is 1. The molecule has 2 aliphatic rings. The van der Waals surface area contributed by atoms with E-state index in [1.54, 1.807) is 12.1 Å². The number of carbonyl (C=O) groups excluding carboxylic acids is 2. The largest absolute Gasteiger partial charge is 0.465 e. The molecule has 2 aliphatic heterocycles. The van der Waals surface area contributed by atoms with E-state index in [-0.39, 0.29) is 5.91 Å². The lowest BCUT2D eigenvalue weighted by Crippen LogP contribution is -2.38. The van der Waals surface area contributed by atoms with Crippen molar-refractivity contribution in [3.8, 4) is 0 Å². The molecule has 4 rings (SSSR count). The number of amides is 1. The molecule has 1 N–H and O–H groups in total. The highest BCUT2D eigenvalue weighted by Gasteiger charge is 2.29. The van der Waals surface area contributed by atoms with Crippen molar-refractivity contribution < 1.29 is 14.3 Å². The van der Waals surface area contributed by atoms with Crippen LogP contribution in [0.5, 0.6) is 0 Å². The number of hydrogen-bond donors (Lipinski definition) is 1. The monoisotopic (exact) mass is 375 g/mol. The minimum Gasteiger partial charge on any atom is -0.465 e. The van der Waals surface area contributed by atoms with Gasteiger partial charge >= 0.3 is 5.97 Å². The van der Waals surface area contributed by atoms with E-state index in [0.717, 1.165) is 44.1 Å². The summed E-state index contributed by atoms with van der Waals surface area (Å²) in [5.74, 6) is 1.97. The second-order valence-electron chi connectivity index (χ2n) is 6.52. The summed E-state index contributed by atoms with van der Waals surface area (Å²) in [4.78, 5) is 27.1. The van der Waals surface area contributed by atoms with Crippen LogP contribution in [0.1, 0.15) is 49.8 Å². The SMILES string of the molecule is COC(=O)c1ccc(C(=O)N2CCC(c3nnc4n3CCNC4)CC2)s1. The smallest absolute Gasteiger partial charge is 0.348 e. The van der Waals surface area contributed by atoms with Gasteiger partial charge in [-0.15, -0.1) is 21.5 Å². The first-order valence-electron chi connectivity index (χ1n) is 8.77. The van der Waals surface area contributed by atoms with Gasteiger partial charge in [0.05, 0.1) is 18.5 Å². The van der Waals surface area contributed by atoms with Crippen LogP contribution < -0.4 is 5.32 Å². The zero-order valence-corrected chi connectivity index (χ0v) is 15.4. The number of aromatic nitrogens is 3. The standard InChI is InChI=1S/C17H21N5O3S/c1-25-17(24)13-3-2-12(26-13)16(23)21-7-4-11(5-8-21)15-20-19-14-10-18-6-9-22(14)15/h2-3,11,18H,4-10H2,1H3. The van der Waals surface area contributed by atoms with Gasteiger partial charge in [0.15, 0.2) is 0 Å².